The maximum Gasteiger partial charge on any atom is 0.164 e. The van der Waals surface area contributed by atoms with Crippen LogP contribution in [0.2, 0.25) is 0 Å². The van der Waals surface area contributed by atoms with Gasteiger partial charge in [0.05, 0.1) is 14.2 Å². The molecule has 0 amide bonds. The molecule has 2 aromatic carbocycles. The van der Waals surface area contributed by atoms with Crippen LogP contribution in [0.4, 0.5) is 8.78 Å². The van der Waals surface area contributed by atoms with Gasteiger partial charge in [0.25, 0.3) is 0 Å². The van der Waals surface area contributed by atoms with Crippen molar-refractivity contribution in [2.75, 3.05) is 27.3 Å². The zero-order valence-electron chi connectivity index (χ0n) is 15.3. The van der Waals surface area contributed by atoms with E-state index in [1.54, 1.807) is 38.5 Å². The summed E-state index contributed by atoms with van der Waals surface area (Å²) in [6, 6.07) is 9.33. The first-order valence-electron chi connectivity index (χ1n) is 8.73. The van der Waals surface area contributed by atoms with E-state index >= 15 is 0 Å². The van der Waals surface area contributed by atoms with E-state index in [0.717, 1.165) is 6.07 Å². The molecule has 0 unspecified atom stereocenters. The lowest BCUT2D eigenvalue weighted by Gasteiger charge is -2.36. The average molecular weight is 379 g/mol. The molecule has 0 bridgehead atoms. The van der Waals surface area contributed by atoms with Gasteiger partial charge in [0.2, 0.25) is 0 Å². The second-order valence-electron chi connectivity index (χ2n) is 6.48. The molecule has 1 aliphatic rings. The summed E-state index contributed by atoms with van der Waals surface area (Å²) in [7, 11) is 3.10. The summed E-state index contributed by atoms with van der Waals surface area (Å²) in [4.78, 5) is 1.89. The van der Waals surface area contributed by atoms with Crippen molar-refractivity contribution in [2.45, 2.75) is 25.2 Å². The lowest BCUT2D eigenvalue weighted by molar-refractivity contribution is -0.0278. The van der Waals surface area contributed by atoms with Gasteiger partial charge in [-0.05, 0) is 24.6 Å². The van der Waals surface area contributed by atoms with Crippen molar-refractivity contribution in [1.82, 2.24) is 4.90 Å². The Balaban J connectivity index is 1.61. The molecular weight excluding hydrogens is 356 g/mol. The third-order valence-corrected chi connectivity index (χ3v) is 4.67. The van der Waals surface area contributed by atoms with Gasteiger partial charge in [0.15, 0.2) is 23.1 Å². The number of likely N-dealkylation sites (tertiary alicyclic amines) is 1. The second-order valence-corrected chi connectivity index (χ2v) is 6.48. The average Bonchev–Trinajstić information content (AvgIpc) is 2.67. The molecule has 1 saturated heterocycles. The third kappa shape index (κ3) is 4.48. The lowest BCUT2D eigenvalue weighted by atomic mass is 10.0. The van der Waals surface area contributed by atoms with Crippen LogP contribution in [0, 0.1) is 11.6 Å². The number of rotatable bonds is 6. The minimum Gasteiger partial charge on any atom is -0.493 e. The summed E-state index contributed by atoms with van der Waals surface area (Å²) in [6.45, 7) is 1.16. The fraction of sp³-hybridized carbons (Fsp3) is 0.400. The van der Waals surface area contributed by atoms with Crippen LogP contribution in [0.3, 0.4) is 0 Å². The van der Waals surface area contributed by atoms with Crippen molar-refractivity contribution in [3.05, 3.63) is 53.6 Å². The predicted octanol–water partition coefficient (Wildman–Crippen LogP) is 3.00. The van der Waals surface area contributed by atoms with Crippen molar-refractivity contribution < 1.29 is 28.1 Å². The molecule has 2 atom stereocenters. The molecule has 1 N–H and O–H groups in total. The Bertz CT molecular complexity index is 787. The molecule has 3 rings (SSSR count). The Kier molecular flexibility index (Phi) is 6.13. The van der Waals surface area contributed by atoms with Crippen LogP contribution < -0.4 is 14.2 Å². The lowest BCUT2D eigenvalue weighted by Crippen LogP contribution is -2.48. The summed E-state index contributed by atoms with van der Waals surface area (Å²) in [5, 5.41) is 10.4. The highest BCUT2D eigenvalue weighted by Crippen LogP contribution is 2.32. The van der Waals surface area contributed by atoms with E-state index in [9.17, 15) is 13.9 Å². The number of halogens is 2. The predicted molar refractivity (Wildman–Crippen MR) is 96.2 cm³/mol. The van der Waals surface area contributed by atoms with Crippen molar-refractivity contribution in [3.63, 3.8) is 0 Å². The van der Waals surface area contributed by atoms with E-state index in [1.165, 1.54) is 6.07 Å². The topological polar surface area (TPSA) is 51.2 Å². The Morgan fingerprint density at radius 1 is 1.11 bits per heavy atom. The van der Waals surface area contributed by atoms with E-state index in [2.05, 4.69) is 0 Å². The Hall–Kier alpha value is -2.38. The quantitative estimate of drug-likeness (QED) is 0.836. The van der Waals surface area contributed by atoms with Crippen LogP contribution in [0.25, 0.3) is 0 Å². The van der Waals surface area contributed by atoms with Gasteiger partial charge in [0, 0.05) is 31.3 Å². The highest BCUT2D eigenvalue weighted by atomic mass is 19.2. The number of piperidine rings is 1. The second kappa shape index (κ2) is 8.54. The van der Waals surface area contributed by atoms with Crippen LogP contribution >= 0.6 is 0 Å². The standard InChI is InChI=1S/C20H23F2NO4/c1-25-18-7-6-14(10-19(18)26-2)27-17-8-9-23(12-16(17)24)11-13-4-3-5-15(21)20(13)22/h3-7,10,16-17,24H,8-9,11-12H2,1-2H3/t16-,17-/m1/s1. The number of hydrogen-bond donors (Lipinski definition) is 1. The van der Waals surface area contributed by atoms with Crippen LogP contribution in [0.5, 0.6) is 17.2 Å². The maximum atomic E-state index is 13.8. The molecular formula is C20H23F2NO4. The summed E-state index contributed by atoms with van der Waals surface area (Å²) in [5.74, 6) is 0.0116. The van der Waals surface area contributed by atoms with Gasteiger partial charge < -0.3 is 19.3 Å². The summed E-state index contributed by atoms with van der Waals surface area (Å²) in [5.41, 5.74) is 0.279. The van der Waals surface area contributed by atoms with E-state index in [0.29, 0.717) is 36.8 Å². The Morgan fingerprint density at radius 2 is 1.89 bits per heavy atom. The number of nitrogens with zero attached hydrogens (tertiary/aromatic N) is 1. The van der Waals surface area contributed by atoms with Gasteiger partial charge in [-0.3, -0.25) is 4.90 Å². The van der Waals surface area contributed by atoms with Crippen molar-refractivity contribution in [3.8, 4) is 17.2 Å². The molecule has 0 spiro atoms. The van der Waals surface area contributed by atoms with E-state index in [4.69, 9.17) is 14.2 Å². The fourth-order valence-corrected chi connectivity index (χ4v) is 3.23. The van der Waals surface area contributed by atoms with E-state index < -0.39 is 23.8 Å². The molecule has 7 heteroatoms. The molecule has 2 aromatic rings. The number of hydrogen-bond acceptors (Lipinski definition) is 5. The van der Waals surface area contributed by atoms with Crippen molar-refractivity contribution >= 4 is 0 Å². The highest BCUT2D eigenvalue weighted by Gasteiger charge is 2.30. The maximum absolute atomic E-state index is 13.8. The first kappa shape index (κ1) is 19.4. The minimum absolute atomic E-state index is 0.240. The van der Waals surface area contributed by atoms with Crippen LogP contribution in [-0.4, -0.2) is 49.5 Å². The molecule has 1 fully saturated rings. The van der Waals surface area contributed by atoms with Gasteiger partial charge in [0.1, 0.15) is 18.0 Å². The van der Waals surface area contributed by atoms with Gasteiger partial charge in [-0.25, -0.2) is 8.78 Å². The molecule has 5 nitrogen and oxygen atoms in total. The number of aliphatic hydroxyl groups excluding tert-OH is 1. The molecule has 0 aromatic heterocycles. The van der Waals surface area contributed by atoms with Crippen LogP contribution in [0.15, 0.2) is 36.4 Å². The Morgan fingerprint density at radius 3 is 2.59 bits per heavy atom. The first-order valence-corrected chi connectivity index (χ1v) is 8.73. The Labute approximate surface area is 157 Å². The van der Waals surface area contributed by atoms with Crippen LogP contribution in [0.1, 0.15) is 12.0 Å². The molecule has 1 aliphatic heterocycles. The van der Waals surface area contributed by atoms with Crippen LogP contribution in [-0.2, 0) is 6.54 Å². The van der Waals surface area contributed by atoms with Crippen molar-refractivity contribution in [1.29, 1.82) is 0 Å². The zero-order chi connectivity index (χ0) is 19.4. The summed E-state index contributed by atoms with van der Waals surface area (Å²) in [6.07, 6.45) is -0.577. The third-order valence-electron chi connectivity index (χ3n) is 4.67. The first-order chi connectivity index (χ1) is 13.0. The number of β-amino-alcohol motifs (C(OH)–C–C–N with tert-alkyl or cyclic N) is 1. The summed E-state index contributed by atoms with van der Waals surface area (Å²) >= 11 is 0. The molecule has 27 heavy (non-hydrogen) atoms. The van der Waals surface area contributed by atoms with E-state index in [-0.39, 0.29) is 12.1 Å². The number of benzene rings is 2. The highest BCUT2D eigenvalue weighted by molar-refractivity contribution is 5.45. The minimum atomic E-state index is -0.861. The van der Waals surface area contributed by atoms with Gasteiger partial charge in [-0.1, -0.05) is 12.1 Å². The van der Waals surface area contributed by atoms with Crippen molar-refractivity contribution in [2.24, 2.45) is 0 Å². The molecule has 0 saturated carbocycles. The smallest absolute Gasteiger partial charge is 0.164 e. The number of methoxy groups -OCH3 is 2. The monoisotopic (exact) mass is 379 g/mol. The van der Waals surface area contributed by atoms with Gasteiger partial charge >= 0.3 is 0 Å². The molecule has 146 valence electrons. The number of ether oxygens (including phenoxy) is 3. The number of aliphatic hydroxyl groups is 1. The normalized spacial score (nSPS) is 20.3. The molecule has 0 radical (unpaired) electrons. The van der Waals surface area contributed by atoms with E-state index in [1.807, 2.05) is 4.90 Å². The largest absolute Gasteiger partial charge is 0.493 e. The zero-order valence-corrected chi connectivity index (χ0v) is 15.3. The van der Waals surface area contributed by atoms with Gasteiger partial charge in [-0.15, -0.1) is 0 Å². The fourth-order valence-electron chi connectivity index (χ4n) is 3.23. The SMILES string of the molecule is COc1ccc(O[C@@H]2CCN(Cc3cccc(F)c3F)C[C@H]2O)cc1OC. The summed E-state index contributed by atoms with van der Waals surface area (Å²) < 4.78 is 43.5. The van der Waals surface area contributed by atoms with Gasteiger partial charge in [-0.2, -0.15) is 0 Å². The molecule has 0 aliphatic carbocycles. The molecule has 1 heterocycles.